The Morgan fingerprint density at radius 1 is 1.18 bits per heavy atom. The molecule has 0 radical (unpaired) electrons. The summed E-state index contributed by atoms with van der Waals surface area (Å²) in [6.45, 7) is 11.4. The maximum Gasteiger partial charge on any atom is 0.348 e. The van der Waals surface area contributed by atoms with Crippen molar-refractivity contribution in [2.75, 3.05) is 18.2 Å². The lowest BCUT2D eigenvalue weighted by molar-refractivity contribution is -0.124. The predicted molar refractivity (Wildman–Crippen MR) is 134 cm³/mol. The molecule has 0 aromatic carbocycles. The van der Waals surface area contributed by atoms with Crippen molar-refractivity contribution in [2.45, 2.75) is 78.4 Å². The lowest BCUT2D eigenvalue weighted by Gasteiger charge is -2.44. The Balaban J connectivity index is 1.94. The van der Waals surface area contributed by atoms with Gasteiger partial charge in [0, 0.05) is 30.7 Å². The van der Waals surface area contributed by atoms with E-state index in [1.54, 1.807) is 24.3 Å². The van der Waals surface area contributed by atoms with Crippen LogP contribution in [-0.4, -0.2) is 42.5 Å². The molecule has 1 aromatic heterocycles. The Morgan fingerprint density at radius 2 is 1.79 bits per heavy atom. The van der Waals surface area contributed by atoms with Crippen LogP contribution in [0, 0.1) is 29.1 Å². The predicted octanol–water partition coefficient (Wildman–Crippen LogP) is 6.09. The van der Waals surface area contributed by atoms with Crippen LogP contribution in [0.25, 0.3) is 0 Å². The first-order valence-corrected chi connectivity index (χ1v) is 15.0. The zero-order chi connectivity index (χ0) is 24.6. The van der Waals surface area contributed by atoms with Gasteiger partial charge in [-0.25, -0.2) is 4.79 Å². The minimum atomic E-state index is -2.63. The standard InChI is InChI=1S/C25H36NO5PS/c1-16-7-9-17(10-8-16)23(27)26(18-13-19(14-18)31-32(5,6)30)21-15-20(11-12-25(2,3)4)33-22(21)24(28)29/h15-19H,7-10,13-14H2,1-6H3,(H,28,29)/t16-,17-,18-,19+. The molecule has 2 aliphatic rings. The zero-order valence-electron chi connectivity index (χ0n) is 20.5. The van der Waals surface area contributed by atoms with Gasteiger partial charge < -0.3 is 14.5 Å². The Kier molecular flexibility index (Phi) is 7.83. The number of thiophene rings is 1. The molecule has 1 N–H and O–H groups in total. The molecule has 6 nitrogen and oxygen atoms in total. The van der Waals surface area contributed by atoms with Crippen molar-refractivity contribution in [1.82, 2.24) is 0 Å². The Bertz CT molecular complexity index is 994. The van der Waals surface area contributed by atoms with Crippen LogP contribution in [-0.2, 0) is 13.9 Å². The van der Waals surface area contributed by atoms with E-state index < -0.39 is 13.3 Å². The molecule has 2 aliphatic carbocycles. The molecule has 0 atom stereocenters. The Labute approximate surface area is 201 Å². The van der Waals surface area contributed by atoms with E-state index in [1.165, 1.54) is 0 Å². The second-order valence-corrected chi connectivity index (χ2v) is 14.7. The SMILES string of the molecule is CC(C)(C)C#Cc1cc(N(C(=O)[C@H]2CC[C@H](C)CC2)[C@H]2C[C@@H](OP(C)(C)=O)C2)c(C(=O)O)s1. The van der Waals surface area contributed by atoms with Gasteiger partial charge in [-0.15, -0.1) is 11.3 Å². The molecule has 0 unspecified atom stereocenters. The molecule has 2 fully saturated rings. The molecular weight excluding hydrogens is 457 g/mol. The molecule has 1 heterocycles. The number of carbonyl (C=O) groups excluding carboxylic acids is 1. The van der Waals surface area contributed by atoms with Crippen molar-refractivity contribution in [3.05, 3.63) is 15.8 Å². The van der Waals surface area contributed by atoms with E-state index in [0.29, 0.717) is 29.3 Å². The maximum absolute atomic E-state index is 13.7. The van der Waals surface area contributed by atoms with Crippen molar-refractivity contribution in [3.8, 4) is 11.8 Å². The van der Waals surface area contributed by atoms with Gasteiger partial charge in [0.05, 0.1) is 16.7 Å². The molecular formula is C25H36NO5PS. The van der Waals surface area contributed by atoms with Gasteiger partial charge in [0.2, 0.25) is 5.91 Å². The summed E-state index contributed by atoms with van der Waals surface area (Å²) in [4.78, 5) is 28.4. The summed E-state index contributed by atoms with van der Waals surface area (Å²) in [5.74, 6) is 5.72. The third-order valence-electron chi connectivity index (χ3n) is 6.17. The van der Waals surface area contributed by atoms with Crippen molar-refractivity contribution in [3.63, 3.8) is 0 Å². The first-order chi connectivity index (χ1) is 15.2. The van der Waals surface area contributed by atoms with Crippen molar-refractivity contribution >= 4 is 36.3 Å². The van der Waals surface area contributed by atoms with E-state index >= 15 is 0 Å². The highest BCUT2D eigenvalue weighted by Gasteiger charge is 2.43. The second-order valence-electron chi connectivity index (χ2n) is 10.9. The first kappa shape index (κ1) is 26.0. The summed E-state index contributed by atoms with van der Waals surface area (Å²) in [5, 5.41) is 9.92. The number of carbonyl (C=O) groups is 2. The number of carboxylic acid groups (broad SMARTS) is 1. The molecule has 182 valence electrons. The van der Waals surface area contributed by atoms with Crippen LogP contribution in [0.1, 0.15) is 80.8 Å². The highest BCUT2D eigenvalue weighted by molar-refractivity contribution is 7.57. The Hall–Kier alpha value is -1.61. The fraction of sp³-hybridized carbons (Fsp3) is 0.680. The van der Waals surface area contributed by atoms with Crippen LogP contribution in [0.5, 0.6) is 0 Å². The van der Waals surface area contributed by atoms with E-state index in [0.717, 1.165) is 37.0 Å². The summed E-state index contributed by atoms with van der Waals surface area (Å²) < 4.78 is 17.8. The molecule has 1 aromatic rings. The number of rotatable bonds is 6. The number of amides is 1. The van der Waals surface area contributed by atoms with Gasteiger partial charge in [-0.2, -0.15) is 0 Å². The highest BCUT2D eigenvalue weighted by Crippen LogP contribution is 2.46. The molecule has 3 rings (SSSR count). The minimum Gasteiger partial charge on any atom is -0.477 e. The molecule has 0 aliphatic heterocycles. The summed E-state index contributed by atoms with van der Waals surface area (Å²) in [6, 6.07) is 1.60. The van der Waals surface area contributed by atoms with E-state index in [1.807, 2.05) is 20.8 Å². The fourth-order valence-corrected chi connectivity index (χ4v) is 6.15. The maximum atomic E-state index is 13.7. The summed E-state index contributed by atoms with van der Waals surface area (Å²) in [7, 11) is -2.63. The number of carboxylic acids is 1. The number of hydrogen-bond donors (Lipinski definition) is 1. The van der Waals surface area contributed by atoms with Crippen molar-refractivity contribution < 1.29 is 23.8 Å². The number of nitrogens with zero attached hydrogens (tertiary/aromatic N) is 1. The average Bonchev–Trinajstić information content (AvgIpc) is 3.08. The third-order valence-corrected chi connectivity index (χ3v) is 8.00. The first-order valence-electron chi connectivity index (χ1n) is 11.7. The van der Waals surface area contributed by atoms with E-state index in [4.69, 9.17) is 4.52 Å². The van der Waals surface area contributed by atoms with Gasteiger partial charge in [0.1, 0.15) is 4.88 Å². The lowest BCUT2D eigenvalue weighted by Crippen LogP contribution is -2.53. The van der Waals surface area contributed by atoms with E-state index in [2.05, 4.69) is 18.8 Å². The van der Waals surface area contributed by atoms with Crippen molar-refractivity contribution in [2.24, 2.45) is 17.3 Å². The molecule has 2 saturated carbocycles. The topological polar surface area (TPSA) is 83.9 Å². The van der Waals surface area contributed by atoms with E-state index in [9.17, 15) is 19.3 Å². The van der Waals surface area contributed by atoms with Gasteiger partial charge in [0.25, 0.3) is 0 Å². The summed E-state index contributed by atoms with van der Waals surface area (Å²) in [5.41, 5.74) is 0.225. The van der Waals surface area contributed by atoms with Crippen LogP contribution in [0.3, 0.4) is 0 Å². The average molecular weight is 494 g/mol. The normalized spacial score (nSPS) is 25.5. The largest absolute Gasteiger partial charge is 0.477 e. The van der Waals surface area contributed by atoms with Gasteiger partial charge >= 0.3 is 5.97 Å². The van der Waals surface area contributed by atoms with Crippen LogP contribution >= 0.6 is 18.7 Å². The molecule has 0 spiro atoms. The van der Waals surface area contributed by atoms with Crippen LogP contribution in [0.2, 0.25) is 0 Å². The summed E-state index contributed by atoms with van der Waals surface area (Å²) >= 11 is 1.12. The number of hydrogen-bond acceptors (Lipinski definition) is 5. The monoisotopic (exact) mass is 493 g/mol. The van der Waals surface area contributed by atoms with Crippen LogP contribution in [0.15, 0.2) is 6.07 Å². The molecule has 1 amide bonds. The smallest absolute Gasteiger partial charge is 0.348 e. The molecule has 33 heavy (non-hydrogen) atoms. The molecule has 0 bridgehead atoms. The van der Waals surface area contributed by atoms with Crippen LogP contribution in [0.4, 0.5) is 5.69 Å². The third kappa shape index (κ3) is 6.94. The van der Waals surface area contributed by atoms with Gasteiger partial charge in [-0.05, 0) is 71.3 Å². The molecule has 0 saturated heterocycles. The van der Waals surface area contributed by atoms with E-state index in [-0.39, 0.29) is 34.3 Å². The number of aromatic carboxylic acids is 1. The quantitative estimate of drug-likeness (QED) is 0.383. The zero-order valence-corrected chi connectivity index (χ0v) is 22.2. The lowest BCUT2D eigenvalue weighted by atomic mass is 9.80. The highest BCUT2D eigenvalue weighted by atomic mass is 32.1. The van der Waals surface area contributed by atoms with Gasteiger partial charge in [-0.3, -0.25) is 9.36 Å². The fourth-order valence-electron chi connectivity index (χ4n) is 4.42. The van der Waals surface area contributed by atoms with Gasteiger partial charge in [0.15, 0.2) is 7.37 Å². The van der Waals surface area contributed by atoms with Gasteiger partial charge in [-0.1, -0.05) is 18.8 Å². The summed E-state index contributed by atoms with van der Waals surface area (Å²) in [6.07, 6.45) is 4.60. The number of anilines is 1. The second kappa shape index (κ2) is 9.94. The minimum absolute atomic E-state index is 0.00263. The Morgan fingerprint density at radius 3 is 2.30 bits per heavy atom. The van der Waals surface area contributed by atoms with Crippen LogP contribution < -0.4 is 4.90 Å². The molecule has 8 heteroatoms. The van der Waals surface area contributed by atoms with Crippen molar-refractivity contribution in [1.29, 1.82) is 0 Å².